The van der Waals surface area contributed by atoms with Gasteiger partial charge in [0.15, 0.2) is 0 Å². The Kier molecular flexibility index (Phi) is 4.42. The molecule has 2 aromatic carbocycles. The molecule has 0 amide bonds. The van der Waals surface area contributed by atoms with Crippen LogP contribution in [0.15, 0.2) is 42.5 Å². The Labute approximate surface area is 157 Å². The van der Waals surface area contributed by atoms with Gasteiger partial charge in [-0.05, 0) is 46.4 Å². The molecule has 0 aromatic heterocycles. The second-order valence-corrected chi connectivity index (χ2v) is 8.93. The van der Waals surface area contributed by atoms with Crippen molar-refractivity contribution < 1.29 is 0 Å². The number of nitrogens with zero attached hydrogens (tertiary/aromatic N) is 1. The van der Waals surface area contributed by atoms with Crippen molar-refractivity contribution in [1.29, 1.82) is 0 Å². The number of rotatable bonds is 3. The fourth-order valence-corrected chi connectivity index (χ4v) is 5.43. The van der Waals surface area contributed by atoms with Crippen LogP contribution in [0.2, 0.25) is 5.02 Å². The lowest BCUT2D eigenvalue weighted by Gasteiger charge is -2.37. The van der Waals surface area contributed by atoms with Crippen molar-refractivity contribution >= 4 is 11.6 Å². The molecule has 0 spiro atoms. The van der Waals surface area contributed by atoms with Gasteiger partial charge in [-0.3, -0.25) is 4.90 Å². The number of hydrogen-bond donors (Lipinski definition) is 0. The van der Waals surface area contributed by atoms with Crippen LogP contribution in [0.3, 0.4) is 0 Å². The zero-order valence-electron chi connectivity index (χ0n) is 15.6. The van der Waals surface area contributed by atoms with Gasteiger partial charge in [0.1, 0.15) is 0 Å². The average Bonchev–Trinajstić information content (AvgIpc) is 2.92. The molecule has 0 N–H and O–H groups in total. The van der Waals surface area contributed by atoms with Gasteiger partial charge in [0.25, 0.3) is 0 Å². The van der Waals surface area contributed by atoms with Gasteiger partial charge in [-0.25, -0.2) is 0 Å². The van der Waals surface area contributed by atoms with E-state index < -0.39 is 0 Å². The van der Waals surface area contributed by atoms with Crippen LogP contribution in [0.25, 0.3) is 0 Å². The van der Waals surface area contributed by atoms with Crippen LogP contribution < -0.4 is 0 Å². The standard InChI is InChI=1S/C23H28ClN/c1-16(2)18-9-10-19-20(22(18)24)11-12-23(3)15-25(14-21(19)23)13-17-7-5-4-6-8-17/h4-10,16,21H,11-15H2,1-3H3/t21-,23-/m1/s1. The zero-order valence-corrected chi connectivity index (χ0v) is 16.3. The molecule has 1 nitrogen and oxygen atoms in total. The van der Waals surface area contributed by atoms with Crippen molar-refractivity contribution in [2.75, 3.05) is 13.1 Å². The van der Waals surface area contributed by atoms with Gasteiger partial charge in [-0.2, -0.15) is 0 Å². The van der Waals surface area contributed by atoms with Gasteiger partial charge in [0.05, 0.1) is 0 Å². The Hall–Kier alpha value is -1.31. The van der Waals surface area contributed by atoms with E-state index in [-0.39, 0.29) is 0 Å². The van der Waals surface area contributed by atoms with E-state index in [2.05, 4.69) is 68.1 Å². The SMILES string of the molecule is CC(C)c1ccc2c(c1Cl)CC[C@]1(C)CN(Cc3ccccc3)C[C@H]21. The van der Waals surface area contributed by atoms with Crippen LogP contribution in [-0.4, -0.2) is 18.0 Å². The van der Waals surface area contributed by atoms with Gasteiger partial charge < -0.3 is 0 Å². The maximum absolute atomic E-state index is 6.81. The van der Waals surface area contributed by atoms with Crippen molar-refractivity contribution in [3.63, 3.8) is 0 Å². The number of likely N-dealkylation sites (tertiary alicyclic amines) is 1. The summed E-state index contributed by atoms with van der Waals surface area (Å²) in [5, 5.41) is 1.04. The fourth-order valence-electron chi connectivity index (χ4n) is 4.94. The molecule has 1 saturated heterocycles. The van der Waals surface area contributed by atoms with Crippen LogP contribution in [-0.2, 0) is 13.0 Å². The van der Waals surface area contributed by atoms with E-state index in [9.17, 15) is 0 Å². The Morgan fingerprint density at radius 2 is 1.92 bits per heavy atom. The first-order valence-electron chi connectivity index (χ1n) is 9.55. The second-order valence-electron chi connectivity index (χ2n) is 8.55. The van der Waals surface area contributed by atoms with Crippen molar-refractivity contribution in [3.8, 4) is 0 Å². The van der Waals surface area contributed by atoms with E-state index in [0.29, 0.717) is 17.3 Å². The van der Waals surface area contributed by atoms with Gasteiger partial charge in [0, 0.05) is 30.6 Å². The first kappa shape index (κ1) is 17.1. The first-order valence-corrected chi connectivity index (χ1v) is 9.93. The molecule has 0 saturated carbocycles. The molecule has 2 aromatic rings. The van der Waals surface area contributed by atoms with Crippen LogP contribution in [0.1, 0.15) is 61.3 Å². The summed E-state index contributed by atoms with van der Waals surface area (Å²) in [5.74, 6) is 1.10. The third-order valence-electron chi connectivity index (χ3n) is 6.37. The Bertz CT molecular complexity index is 767. The summed E-state index contributed by atoms with van der Waals surface area (Å²) >= 11 is 6.81. The predicted octanol–water partition coefficient (Wildman–Crippen LogP) is 6.02. The van der Waals surface area contributed by atoms with Crippen molar-refractivity contribution in [1.82, 2.24) is 4.90 Å². The van der Waals surface area contributed by atoms with Gasteiger partial charge >= 0.3 is 0 Å². The van der Waals surface area contributed by atoms with E-state index in [1.54, 1.807) is 0 Å². The highest BCUT2D eigenvalue weighted by Gasteiger charge is 2.46. The molecule has 4 rings (SSSR count). The van der Waals surface area contributed by atoms with Crippen LogP contribution in [0.5, 0.6) is 0 Å². The highest BCUT2D eigenvalue weighted by Crippen LogP contribution is 2.52. The maximum Gasteiger partial charge on any atom is 0.0475 e. The minimum Gasteiger partial charge on any atom is -0.298 e. The lowest BCUT2D eigenvalue weighted by molar-refractivity contribution is 0.240. The molecular formula is C23H28ClN. The quantitative estimate of drug-likeness (QED) is 0.652. The van der Waals surface area contributed by atoms with E-state index in [1.807, 2.05) is 0 Å². The largest absolute Gasteiger partial charge is 0.298 e. The van der Waals surface area contributed by atoms with Crippen molar-refractivity contribution in [3.05, 3.63) is 69.7 Å². The van der Waals surface area contributed by atoms with Gasteiger partial charge in [-0.1, -0.05) is 74.8 Å². The Morgan fingerprint density at radius 3 is 2.64 bits per heavy atom. The molecule has 1 fully saturated rings. The van der Waals surface area contributed by atoms with Gasteiger partial charge in [-0.15, -0.1) is 0 Å². The van der Waals surface area contributed by atoms with E-state index in [0.717, 1.165) is 24.5 Å². The smallest absolute Gasteiger partial charge is 0.0475 e. The minimum atomic E-state index is 0.379. The lowest BCUT2D eigenvalue weighted by atomic mass is 9.66. The topological polar surface area (TPSA) is 3.24 Å². The number of fused-ring (bicyclic) bond motifs is 3. The predicted molar refractivity (Wildman–Crippen MR) is 106 cm³/mol. The molecule has 1 aliphatic heterocycles. The van der Waals surface area contributed by atoms with Crippen LogP contribution in [0.4, 0.5) is 0 Å². The number of hydrogen-bond acceptors (Lipinski definition) is 1. The molecule has 1 aliphatic carbocycles. The molecule has 0 unspecified atom stereocenters. The molecule has 25 heavy (non-hydrogen) atoms. The third kappa shape index (κ3) is 3.02. The average molecular weight is 354 g/mol. The van der Waals surface area contributed by atoms with E-state index >= 15 is 0 Å². The molecule has 132 valence electrons. The summed E-state index contributed by atoms with van der Waals surface area (Å²) in [6.45, 7) is 10.3. The number of halogens is 1. The third-order valence-corrected chi connectivity index (χ3v) is 6.82. The Balaban J connectivity index is 1.63. The summed E-state index contributed by atoms with van der Waals surface area (Å²) in [6, 6.07) is 15.5. The highest BCUT2D eigenvalue weighted by molar-refractivity contribution is 6.32. The molecular weight excluding hydrogens is 326 g/mol. The minimum absolute atomic E-state index is 0.379. The lowest BCUT2D eigenvalue weighted by Crippen LogP contribution is -2.31. The molecule has 1 heterocycles. The summed E-state index contributed by atoms with van der Waals surface area (Å²) in [5.41, 5.74) is 6.04. The molecule has 2 aliphatic rings. The molecule has 0 bridgehead atoms. The zero-order chi connectivity index (χ0) is 17.6. The van der Waals surface area contributed by atoms with Crippen LogP contribution in [0, 0.1) is 5.41 Å². The normalized spacial score (nSPS) is 25.9. The van der Waals surface area contributed by atoms with E-state index in [1.165, 1.54) is 35.2 Å². The number of benzene rings is 2. The first-order chi connectivity index (χ1) is 12.0. The van der Waals surface area contributed by atoms with Crippen LogP contribution >= 0.6 is 11.6 Å². The summed E-state index contributed by atoms with van der Waals surface area (Å²) < 4.78 is 0. The molecule has 2 atom stereocenters. The summed E-state index contributed by atoms with van der Waals surface area (Å²) in [4.78, 5) is 2.64. The highest BCUT2D eigenvalue weighted by atomic mass is 35.5. The maximum atomic E-state index is 6.81. The fraction of sp³-hybridized carbons (Fsp3) is 0.478. The summed E-state index contributed by atoms with van der Waals surface area (Å²) in [6.07, 6.45) is 2.37. The van der Waals surface area contributed by atoms with Gasteiger partial charge in [0.2, 0.25) is 0 Å². The molecule has 0 radical (unpaired) electrons. The second kappa shape index (κ2) is 6.45. The summed E-state index contributed by atoms with van der Waals surface area (Å²) in [7, 11) is 0. The monoisotopic (exact) mass is 353 g/mol. The van der Waals surface area contributed by atoms with E-state index in [4.69, 9.17) is 11.6 Å². The van der Waals surface area contributed by atoms with Crippen molar-refractivity contribution in [2.45, 2.75) is 52.0 Å². The Morgan fingerprint density at radius 1 is 1.16 bits per heavy atom. The van der Waals surface area contributed by atoms with Crippen molar-refractivity contribution in [2.24, 2.45) is 5.41 Å². The molecule has 2 heteroatoms.